The number of benzene rings is 1. The number of hydrogen-bond acceptors (Lipinski definition) is 4. The molecule has 2 N–H and O–H groups in total. The van der Waals surface area contributed by atoms with Gasteiger partial charge in [-0.15, -0.1) is 0 Å². The minimum atomic E-state index is -0.461. The molecule has 2 aromatic heterocycles. The van der Waals surface area contributed by atoms with E-state index in [-0.39, 0.29) is 11.2 Å². The molecule has 100 valence electrons. The number of halogens is 1. The molecule has 0 aliphatic heterocycles. The molecule has 0 saturated heterocycles. The normalized spacial score (nSPS) is 10.7. The third-order valence-corrected chi connectivity index (χ3v) is 2.97. The SMILES string of the molecule is N=c1c2cc(Cl)ccc2ncn1NC(=O)c1ccco1. The van der Waals surface area contributed by atoms with Crippen LogP contribution >= 0.6 is 11.6 Å². The molecule has 0 unspecified atom stereocenters. The van der Waals surface area contributed by atoms with Crippen LogP contribution in [-0.4, -0.2) is 15.6 Å². The molecule has 0 spiro atoms. The average Bonchev–Trinajstić information content (AvgIpc) is 2.96. The van der Waals surface area contributed by atoms with Crippen molar-refractivity contribution in [3.63, 3.8) is 0 Å². The maximum atomic E-state index is 11.9. The molecule has 0 radical (unpaired) electrons. The molecule has 0 atom stereocenters. The molecule has 0 aliphatic rings. The van der Waals surface area contributed by atoms with E-state index in [1.165, 1.54) is 23.3 Å². The maximum Gasteiger partial charge on any atom is 0.305 e. The molecule has 1 aromatic carbocycles. The second-order valence-corrected chi connectivity index (χ2v) is 4.48. The van der Waals surface area contributed by atoms with Crippen molar-refractivity contribution in [1.29, 1.82) is 5.41 Å². The Labute approximate surface area is 118 Å². The second kappa shape index (κ2) is 4.82. The zero-order chi connectivity index (χ0) is 14.1. The summed E-state index contributed by atoms with van der Waals surface area (Å²) in [6, 6.07) is 8.18. The van der Waals surface area contributed by atoms with Gasteiger partial charge < -0.3 is 4.42 Å². The minimum Gasteiger partial charge on any atom is -0.459 e. The highest BCUT2D eigenvalue weighted by atomic mass is 35.5. The summed E-state index contributed by atoms with van der Waals surface area (Å²) in [6.45, 7) is 0. The van der Waals surface area contributed by atoms with Crippen molar-refractivity contribution in [2.24, 2.45) is 0 Å². The Balaban J connectivity index is 2.02. The van der Waals surface area contributed by atoms with Crippen molar-refractivity contribution in [3.8, 4) is 0 Å². The van der Waals surface area contributed by atoms with Crippen molar-refractivity contribution in [2.75, 3.05) is 5.43 Å². The number of nitrogens with one attached hydrogen (secondary N) is 2. The van der Waals surface area contributed by atoms with E-state index in [2.05, 4.69) is 10.4 Å². The van der Waals surface area contributed by atoms with E-state index in [0.29, 0.717) is 15.9 Å². The number of rotatable bonds is 2. The number of furan rings is 1. The van der Waals surface area contributed by atoms with Crippen LogP contribution in [0, 0.1) is 5.41 Å². The predicted octanol–water partition coefficient (Wildman–Crippen LogP) is 2.15. The Morgan fingerprint density at radius 1 is 1.40 bits per heavy atom. The highest BCUT2D eigenvalue weighted by Crippen LogP contribution is 2.13. The first kappa shape index (κ1) is 12.4. The van der Waals surface area contributed by atoms with Gasteiger partial charge in [-0.05, 0) is 30.3 Å². The zero-order valence-corrected chi connectivity index (χ0v) is 10.9. The second-order valence-electron chi connectivity index (χ2n) is 4.04. The van der Waals surface area contributed by atoms with Gasteiger partial charge in [0.15, 0.2) is 11.2 Å². The number of hydrogen-bond donors (Lipinski definition) is 2. The van der Waals surface area contributed by atoms with Crippen molar-refractivity contribution < 1.29 is 9.21 Å². The lowest BCUT2D eigenvalue weighted by Crippen LogP contribution is -2.33. The quantitative estimate of drug-likeness (QED) is 0.758. The van der Waals surface area contributed by atoms with Gasteiger partial charge in [0.1, 0.15) is 6.33 Å². The van der Waals surface area contributed by atoms with E-state index in [4.69, 9.17) is 21.4 Å². The number of carbonyl (C=O) groups excluding carboxylic acids is 1. The molecule has 0 saturated carbocycles. The maximum absolute atomic E-state index is 11.9. The number of fused-ring (bicyclic) bond motifs is 1. The molecule has 0 bridgehead atoms. The lowest BCUT2D eigenvalue weighted by Gasteiger charge is -2.08. The van der Waals surface area contributed by atoms with Crippen LogP contribution in [0.25, 0.3) is 10.9 Å². The fourth-order valence-electron chi connectivity index (χ4n) is 1.77. The first-order valence-corrected chi connectivity index (χ1v) is 6.09. The van der Waals surface area contributed by atoms with E-state index in [1.807, 2.05) is 0 Å². The summed E-state index contributed by atoms with van der Waals surface area (Å²) in [4.78, 5) is 16.0. The molecule has 1 amide bonds. The lowest BCUT2D eigenvalue weighted by atomic mass is 10.2. The van der Waals surface area contributed by atoms with Crippen molar-refractivity contribution in [1.82, 2.24) is 9.66 Å². The standard InChI is InChI=1S/C13H9ClN4O2/c14-8-3-4-10-9(6-8)12(15)18(7-16-10)17-13(19)11-2-1-5-20-11/h1-7,15H,(H,17,19). The van der Waals surface area contributed by atoms with E-state index < -0.39 is 5.91 Å². The van der Waals surface area contributed by atoms with Crippen LogP contribution in [0.4, 0.5) is 0 Å². The van der Waals surface area contributed by atoms with Crippen molar-refractivity contribution >= 4 is 28.4 Å². The van der Waals surface area contributed by atoms with Crippen LogP contribution < -0.4 is 10.9 Å². The van der Waals surface area contributed by atoms with Crippen LogP contribution in [0.1, 0.15) is 10.6 Å². The monoisotopic (exact) mass is 288 g/mol. The first-order valence-electron chi connectivity index (χ1n) is 5.71. The Kier molecular flexibility index (Phi) is 3.00. The van der Waals surface area contributed by atoms with Crippen LogP contribution in [-0.2, 0) is 0 Å². The number of nitrogens with zero attached hydrogens (tertiary/aromatic N) is 2. The molecule has 3 rings (SSSR count). The summed E-state index contributed by atoms with van der Waals surface area (Å²) in [5.74, 6) is -0.306. The molecular formula is C13H9ClN4O2. The molecule has 20 heavy (non-hydrogen) atoms. The summed E-state index contributed by atoms with van der Waals surface area (Å²) >= 11 is 5.91. The third kappa shape index (κ3) is 2.17. The van der Waals surface area contributed by atoms with Crippen LogP contribution in [0.15, 0.2) is 47.3 Å². The molecule has 3 aromatic rings. The highest BCUT2D eigenvalue weighted by molar-refractivity contribution is 6.31. The number of amides is 1. The largest absolute Gasteiger partial charge is 0.459 e. The van der Waals surface area contributed by atoms with Gasteiger partial charge in [0.25, 0.3) is 0 Å². The summed E-state index contributed by atoms with van der Waals surface area (Å²) in [5, 5.41) is 9.12. The highest BCUT2D eigenvalue weighted by Gasteiger charge is 2.10. The van der Waals surface area contributed by atoms with Gasteiger partial charge in [0.05, 0.1) is 11.8 Å². The van der Waals surface area contributed by atoms with E-state index in [0.717, 1.165) is 0 Å². The van der Waals surface area contributed by atoms with Gasteiger partial charge in [-0.25, -0.2) is 9.66 Å². The molecular weight excluding hydrogens is 280 g/mol. The van der Waals surface area contributed by atoms with Gasteiger partial charge in [-0.1, -0.05) is 11.6 Å². The zero-order valence-electron chi connectivity index (χ0n) is 10.1. The van der Waals surface area contributed by atoms with Gasteiger partial charge in [-0.2, -0.15) is 0 Å². The molecule has 2 heterocycles. The van der Waals surface area contributed by atoms with E-state index >= 15 is 0 Å². The summed E-state index contributed by atoms with van der Waals surface area (Å²) in [6.07, 6.45) is 2.76. The van der Waals surface area contributed by atoms with Gasteiger partial charge >= 0.3 is 5.91 Å². The van der Waals surface area contributed by atoms with Gasteiger partial charge in [0.2, 0.25) is 0 Å². The fraction of sp³-hybridized carbons (Fsp3) is 0. The fourth-order valence-corrected chi connectivity index (χ4v) is 1.95. The Morgan fingerprint density at radius 2 is 2.25 bits per heavy atom. The molecule has 0 fully saturated rings. The Bertz CT molecular complexity index is 839. The van der Waals surface area contributed by atoms with Crippen molar-refractivity contribution in [2.45, 2.75) is 0 Å². The van der Waals surface area contributed by atoms with Gasteiger partial charge in [-0.3, -0.25) is 15.6 Å². The number of aromatic nitrogens is 2. The first-order chi connectivity index (χ1) is 9.65. The van der Waals surface area contributed by atoms with Crippen LogP contribution in [0.3, 0.4) is 0 Å². The third-order valence-electron chi connectivity index (χ3n) is 2.73. The smallest absolute Gasteiger partial charge is 0.305 e. The molecule has 0 aliphatic carbocycles. The van der Waals surface area contributed by atoms with Crippen molar-refractivity contribution in [3.05, 3.63) is 59.2 Å². The Morgan fingerprint density at radius 3 is 3.00 bits per heavy atom. The van der Waals surface area contributed by atoms with Crippen LogP contribution in [0.2, 0.25) is 5.02 Å². The minimum absolute atomic E-state index is 0.0809. The van der Waals surface area contributed by atoms with Crippen LogP contribution in [0.5, 0.6) is 0 Å². The predicted molar refractivity (Wildman–Crippen MR) is 73.0 cm³/mol. The topological polar surface area (TPSA) is 83.9 Å². The van der Waals surface area contributed by atoms with Gasteiger partial charge in [0, 0.05) is 10.4 Å². The van der Waals surface area contributed by atoms with E-state index in [9.17, 15) is 4.79 Å². The molecule has 6 nitrogen and oxygen atoms in total. The lowest BCUT2D eigenvalue weighted by molar-refractivity contribution is 0.0980. The van der Waals surface area contributed by atoms with E-state index in [1.54, 1.807) is 24.3 Å². The summed E-state index contributed by atoms with van der Waals surface area (Å²) in [5.41, 5.74) is 3.22. The summed E-state index contributed by atoms with van der Waals surface area (Å²) < 4.78 is 6.20. The average molecular weight is 289 g/mol. The molecule has 7 heteroatoms. The Hall–Kier alpha value is -2.60. The summed E-state index contributed by atoms with van der Waals surface area (Å²) in [7, 11) is 0. The number of carbonyl (C=O) groups is 1.